The maximum atomic E-state index is 14.5. The minimum absolute atomic E-state index is 0.0449. The molecule has 2 amide bonds. The van der Waals surface area contributed by atoms with E-state index in [1.54, 1.807) is 24.1 Å². The predicted octanol–water partition coefficient (Wildman–Crippen LogP) is 1.41. The fraction of sp³-hybridized carbons (Fsp3) is 0.750. The van der Waals surface area contributed by atoms with E-state index in [0.717, 1.165) is 12.0 Å². The standard InChI is InChI=1S/C36H50N4O9/c1-16-11-22-28(32(44)17(2)31(22)43)27-21(16)13-23-29(27)30-34(46)47-25-7-9-35(23,5)49-36(30,18(25)3)48-33(45)24(12-20-14-37-15-40(20)6)39-26(42)8-10-38-19(4)41/h11,14-15,17-18,21-25,27-32,43-44H,7-10,12-13H2,1-6H3,(H,38,41)(H,39,42)/t17-,18+,21-,22-,23+,24+,25-,27-,28-,29+,30-,31+,32+,35-,36+/m1/s1. The van der Waals surface area contributed by atoms with Gasteiger partial charge in [-0.15, -0.1) is 0 Å². The zero-order valence-corrected chi connectivity index (χ0v) is 29.1. The molecule has 3 bridgehead atoms. The van der Waals surface area contributed by atoms with E-state index in [9.17, 15) is 29.4 Å². The van der Waals surface area contributed by atoms with Crippen LogP contribution in [0.25, 0.3) is 0 Å². The van der Waals surface area contributed by atoms with E-state index >= 15 is 0 Å². The van der Waals surface area contributed by atoms with E-state index in [1.807, 2.05) is 13.8 Å². The van der Waals surface area contributed by atoms with Crippen LogP contribution in [0, 0.1) is 53.3 Å². The molecule has 1 aromatic rings. The monoisotopic (exact) mass is 682 g/mol. The number of aryl methyl sites for hydroxylation is 1. The van der Waals surface area contributed by atoms with Crippen molar-refractivity contribution in [2.75, 3.05) is 6.54 Å². The highest BCUT2D eigenvalue weighted by Crippen LogP contribution is 2.69. The number of hydrogen-bond acceptors (Lipinski definition) is 10. The van der Waals surface area contributed by atoms with Gasteiger partial charge in [0.2, 0.25) is 17.6 Å². The van der Waals surface area contributed by atoms with Crippen LogP contribution < -0.4 is 10.6 Å². The van der Waals surface area contributed by atoms with E-state index in [1.165, 1.54) is 6.92 Å². The highest BCUT2D eigenvalue weighted by atomic mass is 16.7. The summed E-state index contributed by atoms with van der Waals surface area (Å²) < 4.78 is 21.6. The average Bonchev–Trinajstić information content (AvgIpc) is 3.69. The fourth-order valence-electron chi connectivity index (χ4n) is 10.8. The van der Waals surface area contributed by atoms with Crippen molar-refractivity contribution in [3.05, 3.63) is 29.9 Å². The Morgan fingerprint density at radius 1 is 1.18 bits per heavy atom. The lowest BCUT2D eigenvalue weighted by molar-refractivity contribution is -0.371. The molecule has 0 radical (unpaired) electrons. The van der Waals surface area contributed by atoms with Crippen molar-refractivity contribution in [3.63, 3.8) is 0 Å². The first-order valence-electron chi connectivity index (χ1n) is 17.8. The Bertz CT molecular complexity index is 1560. The number of aliphatic hydroxyl groups excluding tert-OH is 2. The van der Waals surface area contributed by atoms with Gasteiger partial charge in [-0.05, 0) is 62.7 Å². The Morgan fingerprint density at radius 3 is 2.63 bits per heavy atom. The molecular weight excluding hydrogens is 632 g/mol. The predicted molar refractivity (Wildman–Crippen MR) is 173 cm³/mol. The molecule has 268 valence electrons. The van der Waals surface area contributed by atoms with Gasteiger partial charge in [0.25, 0.3) is 0 Å². The Balaban J connectivity index is 1.27. The summed E-state index contributed by atoms with van der Waals surface area (Å²) in [5.41, 5.74) is 1.07. The summed E-state index contributed by atoms with van der Waals surface area (Å²) in [6.07, 6.45) is 5.29. The molecule has 5 fully saturated rings. The Labute approximate surface area is 286 Å². The van der Waals surface area contributed by atoms with E-state index in [4.69, 9.17) is 14.2 Å². The summed E-state index contributed by atoms with van der Waals surface area (Å²) in [7, 11) is 1.79. The highest BCUT2D eigenvalue weighted by Gasteiger charge is 2.76. The number of esters is 2. The smallest absolute Gasteiger partial charge is 0.331 e. The number of imidazole rings is 1. The first-order chi connectivity index (χ1) is 23.2. The summed E-state index contributed by atoms with van der Waals surface area (Å²) in [6, 6.07) is -1.14. The van der Waals surface area contributed by atoms with Gasteiger partial charge in [-0.1, -0.05) is 25.5 Å². The van der Waals surface area contributed by atoms with Crippen LogP contribution in [0.2, 0.25) is 0 Å². The van der Waals surface area contributed by atoms with Gasteiger partial charge in [-0.2, -0.15) is 0 Å². The molecular formula is C36H50N4O9. The number of fused-ring (bicyclic) bond motifs is 9. The SMILES string of the molecule is CC(=O)NCCC(=O)N[C@@H](Cc1cncn1C)C(=O)O[C@@]12O[C@]3(C)CC[C@@H](OC(=O)[C@H]1[C@@H]1[C@H]4[C@@H]5[C@@H](O)[C@H](C)[C@H](O)[C@@H]5C=C(C)[C@H]4C[C@@H]13)[C@@H]2C. The van der Waals surface area contributed by atoms with Gasteiger partial charge in [0, 0.05) is 57.1 Å². The van der Waals surface area contributed by atoms with Crippen LogP contribution >= 0.6 is 0 Å². The van der Waals surface area contributed by atoms with Crippen LogP contribution in [0.3, 0.4) is 0 Å². The molecule has 4 N–H and O–H groups in total. The van der Waals surface area contributed by atoms with E-state index in [2.05, 4.69) is 35.5 Å². The second kappa shape index (κ2) is 12.2. The number of rotatable bonds is 8. The Hall–Kier alpha value is -3.29. The number of aromatic nitrogens is 2. The van der Waals surface area contributed by atoms with Crippen LogP contribution in [-0.2, 0) is 46.9 Å². The lowest BCUT2D eigenvalue weighted by Gasteiger charge is -2.58. The van der Waals surface area contributed by atoms with Crippen molar-refractivity contribution in [3.8, 4) is 0 Å². The summed E-state index contributed by atoms with van der Waals surface area (Å²) in [5, 5.41) is 28.3. The molecule has 13 nitrogen and oxygen atoms in total. The lowest BCUT2D eigenvalue weighted by atomic mass is 9.59. The highest BCUT2D eigenvalue weighted by molar-refractivity contribution is 5.86. The number of hydrogen-bond donors (Lipinski definition) is 4. The number of carbonyl (C=O) groups excluding carboxylic acids is 4. The van der Waals surface area contributed by atoms with Gasteiger partial charge in [-0.3, -0.25) is 14.4 Å². The van der Waals surface area contributed by atoms with Crippen molar-refractivity contribution in [2.45, 2.75) is 102 Å². The summed E-state index contributed by atoms with van der Waals surface area (Å²) in [5.74, 6) is -6.42. The number of aliphatic hydroxyl groups is 2. The summed E-state index contributed by atoms with van der Waals surface area (Å²) >= 11 is 0. The number of ether oxygens (including phenoxy) is 3. The molecule has 1 aromatic heterocycles. The number of nitrogens with one attached hydrogen (secondary N) is 2. The van der Waals surface area contributed by atoms with E-state index in [0.29, 0.717) is 18.5 Å². The second-order valence-corrected chi connectivity index (χ2v) is 15.9. The topological polar surface area (TPSA) is 178 Å². The third-order valence-electron chi connectivity index (χ3n) is 13.2. The van der Waals surface area contributed by atoms with Gasteiger partial charge in [0.05, 0.1) is 30.1 Å². The molecule has 2 saturated carbocycles. The first-order valence-corrected chi connectivity index (χ1v) is 17.8. The summed E-state index contributed by atoms with van der Waals surface area (Å²) in [4.78, 5) is 57.5. The van der Waals surface area contributed by atoms with Gasteiger partial charge < -0.3 is 39.6 Å². The van der Waals surface area contributed by atoms with Crippen molar-refractivity contribution < 1.29 is 43.6 Å². The van der Waals surface area contributed by atoms with E-state index in [-0.39, 0.29) is 66.7 Å². The van der Waals surface area contributed by atoms with Crippen molar-refractivity contribution >= 4 is 23.8 Å². The quantitative estimate of drug-likeness (QED) is 0.232. The number of carbonyl (C=O) groups is 4. The van der Waals surface area contributed by atoms with Crippen molar-refractivity contribution in [2.24, 2.45) is 60.3 Å². The maximum absolute atomic E-state index is 14.5. The van der Waals surface area contributed by atoms with Gasteiger partial charge in [0.15, 0.2) is 0 Å². The zero-order valence-electron chi connectivity index (χ0n) is 29.1. The third kappa shape index (κ3) is 5.33. The van der Waals surface area contributed by atoms with Crippen LogP contribution in [0.5, 0.6) is 0 Å². The summed E-state index contributed by atoms with van der Waals surface area (Å²) in [6.45, 7) is 9.39. The van der Waals surface area contributed by atoms with Crippen molar-refractivity contribution in [1.29, 1.82) is 0 Å². The zero-order chi connectivity index (χ0) is 35.2. The number of allylic oxidation sites excluding steroid dienone is 1. The van der Waals surface area contributed by atoms with E-state index < -0.39 is 65.4 Å². The molecule has 49 heavy (non-hydrogen) atoms. The number of amides is 2. The molecule has 3 aliphatic carbocycles. The Morgan fingerprint density at radius 2 is 1.94 bits per heavy atom. The lowest BCUT2D eigenvalue weighted by Crippen LogP contribution is -2.70. The maximum Gasteiger partial charge on any atom is 0.331 e. The second-order valence-electron chi connectivity index (χ2n) is 15.9. The van der Waals surface area contributed by atoms with Crippen LogP contribution in [0.15, 0.2) is 24.2 Å². The Kier molecular flexibility index (Phi) is 8.50. The minimum Gasteiger partial charge on any atom is -0.461 e. The average molecular weight is 683 g/mol. The van der Waals surface area contributed by atoms with Gasteiger partial charge in [0.1, 0.15) is 18.1 Å². The van der Waals surface area contributed by atoms with Crippen molar-refractivity contribution in [1.82, 2.24) is 20.2 Å². The van der Waals surface area contributed by atoms with Gasteiger partial charge >= 0.3 is 11.9 Å². The van der Waals surface area contributed by atoms with Gasteiger partial charge in [-0.25, -0.2) is 9.78 Å². The molecule has 4 heterocycles. The molecule has 6 aliphatic rings. The van der Waals surface area contributed by atoms with Crippen LogP contribution in [0.4, 0.5) is 0 Å². The third-order valence-corrected chi connectivity index (χ3v) is 13.2. The molecule has 15 atom stereocenters. The van der Waals surface area contributed by atoms with Crippen LogP contribution in [0.1, 0.15) is 66.0 Å². The first kappa shape index (κ1) is 34.2. The minimum atomic E-state index is -1.68. The molecule has 3 saturated heterocycles. The number of nitrogens with zero attached hydrogens (tertiary/aromatic N) is 2. The molecule has 0 aromatic carbocycles. The normalized spacial score (nSPS) is 43.7. The molecule has 13 heteroatoms. The van der Waals surface area contributed by atoms with Crippen LogP contribution in [-0.4, -0.2) is 85.8 Å². The molecule has 0 spiro atoms. The molecule has 3 aliphatic heterocycles. The molecule has 7 rings (SSSR count). The largest absolute Gasteiger partial charge is 0.461 e. The molecule has 0 unspecified atom stereocenters. The fourth-order valence-corrected chi connectivity index (χ4v) is 10.8.